The van der Waals surface area contributed by atoms with E-state index in [1.54, 1.807) is 13.0 Å². The van der Waals surface area contributed by atoms with Gasteiger partial charge in [0.15, 0.2) is 20.3 Å². The summed E-state index contributed by atoms with van der Waals surface area (Å²) in [5, 5.41) is 2.71. The molecule has 0 radical (unpaired) electrons. The van der Waals surface area contributed by atoms with Crippen molar-refractivity contribution in [1.29, 1.82) is 0 Å². The first-order valence-electron chi connectivity index (χ1n) is 5.08. The monoisotopic (exact) mass is 321 g/mol. The maximum atomic E-state index is 11.8. The highest BCUT2D eigenvalue weighted by Gasteiger charge is 2.39. The zero-order valence-corrected chi connectivity index (χ0v) is 11.6. The van der Waals surface area contributed by atoms with Crippen LogP contribution < -0.4 is 5.32 Å². The average molecular weight is 322 g/mol. The first kappa shape index (κ1) is 12.6. The molecule has 1 saturated heterocycles. The molecule has 2 rings (SSSR count). The summed E-state index contributed by atoms with van der Waals surface area (Å²) in [6.07, 6.45) is 0.433. The lowest BCUT2D eigenvalue weighted by Crippen LogP contribution is -2.46. The summed E-state index contributed by atoms with van der Waals surface area (Å²) >= 11 is 3.10. The summed E-state index contributed by atoms with van der Waals surface area (Å²) in [5.41, 5.74) is -0.699. The standard InChI is InChI=1S/C10H12BrNO4S/c1-10(4-5-17(14,15)6-10)12-9(13)7-2-3-8(11)16-7/h2-3H,4-6H2,1H3,(H,12,13)/t10-/m1/s1. The van der Waals surface area contributed by atoms with Crippen LogP contribution >= 0.6 is 15.9 Å². The minimum absolute atomic E-state index is 0.0202. The topological polar surface area (TPSA) is 76.4 Å². The molecule has 94 valence electrons. The Balaban J connectivity index is 2.10. The lowest BCUT2D eigenvalue weighted by Gasteiger charge is -2.22. The normalized spacial score (nSPS) is 26.9. The quantitative estimate of drug-likeness (QED) is 0.892. The molecule has 1 aromatic rings. The molecule has 17 heavy (non-hydrogen) atoms. The smallest absolute Gasteiger partial charge is 0.287 e. The minimum Gasteiger partial charge on any atom is -0.444 e. The van der Waals surface area contributed by atoms with E-state index in [2.05, 4.69) is 21.2 Å². The van der Waals surface area contributed by atoms with E-state index in [1.807, 2.05) is 0 Å². The first-order valence-corrected chi connectivity index (χ1v) is 7.69. The van der Waals surface area contributed by atoms with Gasteiger partial charge in [0, 0.05) is 0 Å². The van der Waals surface area contributed by atoms with Crippen molar-refractivity contribution in [1.82, 2.24) is 5.32 Å². The molecule has 1 N–H and O–H groups in total. The molecule has 1 fully saturated rings. The summed E-state index contributed by atoms with van der Waals surface area (Å²) < 4.78 is 28.3. The van der Waals surface area contributed by atoms with Gasteiger partial charge in [-0.2, -0.15) is 0 Å². The van der Waals surface area contributed by atoms with Crippen LogP contribution in [-0.2, 0) is 9.84 Å². The van der Waals surface area contributed by atoms with Crippen molar-refractivity contribution >= 4 is 31.7 Å². The van der Waals surface area contributed by atoms with Crippen LogP contribution in [-0.4, -0.2) is 31.4 Å². The highest BCUT2D eigenvalue weighted by atomic mass is 79.9. The predicted molar refractivity (Wildman–Crippen MR) is 65.6 cm³/mol. The van der Waals surface area contributed by atoms with Gasteiger partial charge in [-0.25, -0.2) is 8.42 Å². The summed E-state index contributed by atoms with van der Waals surface area (Å²) in [6, 6.07) is 3.15. The predicted octanol–water partition coefficient (Wildman–Crippen LogP) is 1.35. The second kappa shape index (κ2) is 4.13. The molecule has 1 aliphatic rings. The highest BCUT2D eigenvalue weighted by Crippen LogP contribution is 2.23. The van der Waals surface area contributed by atoms with Gasteiger partial charge in [-0.05, 0) is 41.4 Å². The number of carbonyl (C=O) groups excluding carboxylic acids is 1. The Morgan fingerprint density at radius 3 is 2.71 bits per heavy atom. The van der Waals surface area contributed by atoms with Crippen LogP contribution in [0.5, 0.6) is 0 Å². The molecule has 0 bridgehead atoms. The Kier molecular flexibility index (Phi) is 3.07. The van der Waals surface area contributed by atoms with Gasteiger partial charge in [-0.1, -0.05) is 0 Å². The SMILES string of the molecule is C[C@@]1(NC(=O)c2ccc(Br)o2)CCS(=O)(=O)C1. The average Bonchev–Trinajstić information content (AvgIpc) is 2.71. The molecular weight excluding hydrogens is 310 g/mol. The number of nitrogens with one attached hydrogen (secondary N) is 1. The summed E-state index contributed by atoms with van der Waals surface area (Å²) in [7, 11) is -3.03. The van der Waals surface area contributed by atoms with Gasteiger partial charge in [0.1, 0.15) is 0 Å². The maximum absolute atomic E-state index is 11.8. The Morgan fingerprint density at radius 1 is 1.53 bits per heavy atom. The van der Waals surface area contributed by atoms with E-state index in [9.17, 15) is 13.2 Å². The highest BCUT2D eigenvalue weighted by molar-refractivity contribution is 9.10. The lowest BCUT2D eigenvalue weighted by molar-refractivity contribution is 0.0885. The number of rotatable bonds is 2. The minimum atomic E-state index is -3.03. The molecule has 0 aliphatic carbocycles. The van der Waals surface area contributed by atoms with Crippen LogP contribution in [0, 0.1) is 0 Å². The fraction of sp³-hybridized carbons (Fsp3) is 0.500. The molecule has 0 aromatic carbocycles. The number of sulfone groups is 1. The number of halogens is 1. The van der Waals surface area contributed by atoms with E-state index in [0.717, 1.165) is 0 Å². The number of hydrogen-bond donors (Lipinski definition) is 1. The fourth-order valence-corrected chi connectivity index (χ4v) is 4.28. The van der Waals surface area contributed by atoms with Crippen molar-refractivity contribution in [2.45, 2.75) is 18.9 Å². The van der Waals surface area contributed by atoms with Crippen LogP contribution in [0.2, 0.25) is 0 Å². The molecule has 1 aliphatic heterocycles. The molecule has 1 atom stereocenters. The van der Waals surface area contributed by atoms with Crippen LogP contribution in [0.4, 0.5) is 0 Å². The van der Waals surface area contributed by atoms with E-state index < -0.39 is 21.3 Å². The molecule has 2 heterocycles. The summed E-state index contributed by atoms with van der Waals surface area (Å²) in [5.74, 6) is -0.128. The van der Waals surface area contributed by atoms with E-state index in [-0.39, 0.29) is 17.3 Å². The Labute approximate surface area is 108 Å². The number of amides is 1. The molecule has 1 amide bonds. The molecule has 1 aromatic heterocycles. The Hall–Kier alpha value is -0.820. The summed E-state index contributed by atoms with van der Waals surface area (Å²) in [4.78, 5) is 11.8. The third-order valence-corrected chi connectivity index (χ3v) is 5.04. The number of furan rings is 1. The van der Waals surface area contributed by atoms with Crippen LogP contribution in [0.1, 0.15) is 23.9 Å². The fourth-order valence-electron chi connectivity index (χ4n) is 1.88. The van der Waals surface area contributed by atoms with E-state index in [4.69, 9.17) is 4.42 Å². The van der Waals surface area contributed by atoms with Crippen LogP contribution in [0.15, 0.2) is 21.2 Å². The molecule has 0 spiro atoms. The van der Waals surface area contributed by atoms with Gasteiger partial charge < -0.3 is 9.73 Å². The van der Waals surface area contributed by atoms with Crippen molar-refractivity contribution in [3.63, 3.8) is 0 Å². The van der Waals surface area contributed by atoms with Crippen molar-refractivity contribution in [3.05, 3.63) is 22.6 Å². The Morgan fingerprint density at radius 2 is 2.24 bits per heavy atom. The molecule has 7 heteroatoms. The zero-order valence-electron chi connectivity index (χ0n) is 9.20. The van der Waals surface area contributed by atoms with Crippen LogP contribution in [0.3, 0.4) is 0 Å². The van der Waals surface area contributed by atoms with Crippen molar-refractivity contribution < 1.29 is 17.6 Å². The lowest BCUT2D eigenvalue weighted by atomic mass is 10.0. The van der Waals surface area contributed by atoms with E-state index >= 15 is 0 Å². The maximum Gasteiger partial charge on any atom is 0.287 e. The zero-order chi connectivity index (χ0) is 12.7. The van der Waals surface area contributed by atoms with Gasteiger partial charge in [0.2, 0.25) is 0 Å². The van der Waals surface area contributed by atoms with Crippen molar-refractivity contribution in [3.8, 4) is 0 Å². The van der Waals surface area contributed by atoms with Gasteiger partial charge >= 0.3 is 0 Å². The Bertz CT molecular complexity index is 550. The third-order valence-electron chi connectivity index (χ3n) is 2.72. The van der Waals surface area contributed by atoms with Gasteiger partial charge in [0.25, 0.3) is 5.91 Å². The molecule has 5 nitrogen and oxygen atoms in total. The van der Waals surface area contributed by atoms with Crippen LogP contribution in [0.25, 0.3) is 0 Å². The van der Waals surface area contributed by atoms with E-state index in [1.165, 1.54) is 6.07 Å². The second-order valence-corrected chi connectivity index (χ2v) is 7.43. The number of hydrogen-bond acceptors (Lipinski definition) is 4. The van der Waals surface area contributed by atoms with Gasteiger partial charge in [0.05, 0.1) is 17.0 Å². The molecule has 0 unspecified atom stereocenters. The molecular formula is C10H12BrNO4S. The van der Waals surface area contributed by atoms with Gasteiger partial charge in [-0.3, -0.25) is 4.79 Å². The third kappa shape index (κ3) is 2.90. The largest absolute Gasteiger partial charge is 0.444 e. The van der Waals surface area contributed by atoms with E-state index in [0.29, 0.717) is 11.1 Å². The van der Waals surface area contributed by atoms with Crippen molar-refractivity contribution in [2.24, 2.45) is 0 Å². The van der Waals surface area contributed by atoms with Crippen molar-refractivity contribution in [2.75, 3.05) is 11.5 Å². The number of carbonyl (C=O) groups is 1. The summed E-state index contributed by atoms with van der Waals surface area (Å²) in [6.45, 7) is 1.73. The molecule has 0 saturated carbocycles. The second-order valence-electron chi connectivity index (χ2n) is 4.46. The first-order chi connectivity index (χ1) is 7.80. The van der Waals surface area contributed by atoms with Gasteiger partial charge in [-0.15, -0.1) is 0 Å².